The summed E-state index contributed by atoms with van der Waals surface area (Å²) in [5.41, 5.74) is 4.87. The van der Waals surface area contributed by atoms with Gasteiger partial charge in [0.15, 0.2) is 0 Å². The van der Waals surface area contributed by atoms with E-state index in [1.54, 1.807) is 0 Å². The van der Waals surface area contributed by atoms with Crippen LogP contribution >= 0.6 is 15.9 Å². The number of benzene rings is 3. The third kappa shape index (κ3) is 4.91. The summed E-state index contributed by atoms with van der Waals surface area (Å²) in [7, 11) is 0. The topological polar surface area (TPSA) is 90.6 Å². The predicted molar refractivity (Wildman–Crippen MR) is 151 cm³/mol. The molecule has 0 aliphatic carbocycles. The Kier molecular flexibility index (Phi) is 6.86. The van der Waals surface area contributed by atoms with Crippen molar-refractivity contribution in [2.45, 2.75) is 25.3 Å². The molecule has 2 aliphatic heterocycles. The van der Waals surface area contributed by atoms with Gasteiger partial charge in [0.25, 0.3) is 5.91 Å². The third-order valence-electron chi connectivity index (χ3n) is 7.18. The van der Waals surface area contributed by atoms with Crippen LogP contribution in [0.1, 0.15) is 46.8 Å². The Morgan fingerprint density at radius 3 is 2.74 bits per heavy atom. The molecule has 0 bridgehead atoms. The maximum Gasteiger partial charge on any atom is 0.414 e. The normalized spacial score (nSPS) is 17.6. The summed E-state index contributed by atoms with van der Waals surface area (Å²) >= 11 is 3.53. The van der Waals surface area contributed by atoms with Crippen molar-refractivity contribution in [3.8, 4) is 0 Å². The molecule has 1 unspecified atom stereocenters. The number of fused-ring (bicyclic) bond motifs is 2. The number of rotatable bonds is 6. The van der Waals surface area contributed by atoms with Gasteiger partial charge in [0.1, 0.15) is 6.61 Å². The zero-order chi connectivity index (χ0) is 26.1. The Morgan fingerprint density at radius 2 is 1.89 bits per heavy atom. The lowest BCUT2D eigenvalue weighted by atomic mass is 9.97. The molecule has 2 amide bonds. The lowest BCUT2D eigenvalue weighted by Gasteiger charge is -2.26. The number of anilines is 2. The second kappa shape index (κ2) is 10.6. The van der Waals surface area contributed by atoms with Gasteiger partial charge >= 0.3 is 6.09 Å². The van der Waals surface area contributed by atoms with E-state index in [1.165, 1.54) is 19.3 Å². The van der Waals surface area contributed by atoms with Crippen molar-refractivity contribution in [3.63, 3.8) is 0 Å². The molecule has 0 radical (unpaired) electrons. The first kappa shape index (κ1) is 24.6. The fourth-order valence-electron chi connectivity index (χ4n) is 5.38. The summed E-state index contributed by atoms with van der Waals surface area (Å²) in [6, 6.07) is 21.0. The van der Waals surface area contributed by atoms with Crippen LogP contribution in [-0.2, 0) is 4.74 Å². The Balaban J connectivity index is 1.22. The first-order chi connectivity index (χ1) is 18.6. The van der Waals surface area contributed by atoms with Crippen LogP contribution in [0.5, 0.6) is 0 Å². The van der Waals surface area contributed by atoms with E-state index in [0.717, 1.165) is 46.4 Å². The summed E-state index contributed by atoms with van der Waals surface area (Å²) in [4.78, 5) is 37.7. The SMILES string of the molecule is O=C(Nc1nc2ccc(C3c4ccccc4C(=O)N3c3cccc(Br)c3)cc2[nH]1)OCCN1CCCCC1. The van der Waals surface area contributed by atoms with Crippen molar-refractivity contribution in [2.75, 3.05) is 36.5 Å². The maximum atomic E-state index is 13.5. The molecule has 4 aromatic rings. The van der Waals surface area contributed by atoms with E-state index in [2.05, 4.69) is 36.1 Å². The number of carbonyl (C=O) groups excluding carboxylic acids is 2. The Morgan fingerprint density at radius 1 is 1.05 bits per heavy atom. The zero-order valence-electron chi connectivity index (χ0n) is 20.8. The van der Waals surface area contributed by atoms with Gasteiger partial charge in [0.05, 0.1) is 17.1 Å². The van der Waals surface area contributed by atoms with Crippen LogP contribution in [0.15, 0.2) is 71.2 Å². The van der Waals surface area contributed by atoms with Crippen molar-refractivity contribution in [1.82, 2.24) is 14.9 Å². The first-order valence-electron chi connectivity index (χ1n) is 12.9. The fraction of sp³-hybridized carbons (Fsp3) is 0.276. The van der Waals surface area contributed by atoms with Crippen molar-refractivity contribution in [2.24, 2.45) is 0 Å². The second-order valence-electron chi connectivity index (χ2n) is 9.67. The summed E-state index contributed by atoms with van der Waals surface area (Å²) in [6.45, 7) is 3.21. The summed E-state index contributed by atoms with van der Waals surface area (Å²) in [5, 5.41) is 2.71. The highest BCUT2D eigenvalue weighted by molar-refractivity contribution is 9.10. The van der Waals surface area contributed by atoms with E-state index in [-0.39, 0.29) is 11.9 Å². The van der Waals surface area contributed by atoms with Crippen LogP contribution in [0.4, 0.5) is 16.4 Å². The number of H-pyrrole nitrogens is 1. The third-order valence-corrected chi connectivity index (χ3v) is 7.67. The lowest BCUT2D eigenvalue weighted by molar-refractivity contribution is 0.0993. The second-order valence-corrected chi connectivity index (χ2v) is 10.6. The van der Waals surface area contributed by atoms with E-state index in [9.17, 15) is 9.59 Å². The minimum atomic E-state index is -0.530. The molecule has 2 aliphatic rings. The van der Waals surface area contributed by atoms with Gasteiger partial charge in [-0.25, -0.2) is 9.78 Å². The number of hydrogen-bond donors (Lipinski definition) is 2. The summed E-state index contributed by atoms with van der Waals surface area (Å²) < 4.78 is 6.28. The van der Waals surface area contributed by atoms with E-state index < -0.39 is 6.09 Å². The largest absolute Gasteiger partial charge is 0.448 e. The molecule has 3 heterocycles. The number of piperidine rings is 1. The maximum absolute atomic E-state index is 13.5. The minimum Gasteiger partial charge on any atom is -0.448 e. The summed E-state index contributed by atoms with van der Waals surface area (Å²) in [5.74, 6) is 0.287. The van der Waals surface area contributed by atoms with Crippen molar-refractivity contribution in [3.05, 3.63) is 87.9 Å². The van der Waals surface area contributed by atoms with Crippen LogP contribution < -0.4 is 10.2 Å². The first-order valence-corrected chi connectivity index (χ1v) is 13.7. The van der Waals surface area contributed by atoms with Crippen molar-refractivity contribution < 1.29 is 14.3 Å². The number of carbonyl (C=O) groups is 2. The number of aromatic amines is 1. The van der Waals surface area contributed by atoms with E-state index >= 15 is 0 Å². The molecular weight excluding hydrogens is 546 g/mol. The standard InChI is InChI=1S/C29H28BrN5O3/c30-20-7-6-8-21(18-20)35-26(22-9-2-3-10-23(22)27(35)36)19-11-12-24-25(17-19)32-28(31-24)33-29(37)38-16-15-34-13-4-1-5-14-34/h2-3,6-12,17-18,26H,1,4-5,13-16H2,(H2,31,32,33,37). The Labute approximate surface area is 229 Å². The van der Waals surface area contributed by atoms with E-state index in [4.69, 9.17) is 4.74 Å². The number of ether oxygens (including phenoxy) is 1. The van der Waals surface area contributed by atoms with Crippen molar-refractivity contribution in [1.29, 1.82) is 0 Å². The molecule has 2 N–H and O–H groups in total. The van der Waals surface area contributed by atoms with Crippen molar-refractivity contribution >= 4 is 50.6 Å². The minimum absolute atomic E-state index is 0.0388. The van der Waals surface area contributed by atoms with Gasteiger partial charge in [-0.2, -0.15) is 0 Å². The molecule has 8 nitrogen and oxygen atoms in total. The number of nitrogens with one attached hydrogen (secondary N) is 2. The average molecular weight is 574 g/mol. The van der Waals surface area contributed by atoms with Gasteiger partial charge < -0.3 is 9.72 Å². The molecule has 1 saturated heterocycles. The number of nitrogens with zero attached hydrogens (tertiary/aromatic N) is 3. The highest BCUT2D eigenvalue weighted by atomic mass is 79.9. The van der Waals surface area contributed by atoms with Gasteiger partial charge in [-0.05, 0) is 73.5 Å². The van der Waals surface area contributed by atoms with Gasteiger partial charge in [-0.15, -0.1) is 0 Å². The highest BCUT2D eigenvalue weighted by Gasteiger charge is 2.38. The molecule has 6 rings (SSSR count). The molecule has 194 valence electrons. The number of imidazole rings is 1. The van der Waals surface area contributed by atoms with Gasteiger partial charge in [0, 0.05) is 22.3 Å². The van der Waals surface area contributed by atoms with Crippen LogP contribution in [0, 0.1) is 0 Å². The molecule has 1 atom stereocenters. The Bertz CT molecular complexity index is 1500. The molecule has 0 saturated carbocycles. The molecular formula is C29H28BrN5O3. The van der Waals surface area contributed by atoms with E-state index in [0.29, 0.717) is 23.6 Å². The molecule has 3 aromatic carbocycles. The highest BCUT2D eigenvalue weighted by Crippen LogP contribution is 2.42. The number of aromatic nitrogens is 2. The molecule has 0 spiro atoms. The number of likely N-dealkylation sites (tertiary alicyclic amines) is 1. The van der Waals surface area contributed by atoms with Crippen LogP contribution in [0.2, 0.25) is 0 Å². The Hall–Kier alpha value is -3.69. The van der Waals surface area contributed by atoms with E-state index in [1.807, 2.05) is 71.6 Å². The van der Waals surface area contributed by atoms with Crippen LogP contribution in [-0.4, -0.2) is 53.1 Å². The molecule has 38 heavy (non-hydrogen) atoms. The van der Waals surface area contributed by atoms with Gasteiger partial charge in [0.2, 0.25) is 5.95 Å². The average Bonchev–Trinajstić information content (AvgIpc) is 3.46. The van der Waals surface area contributed by atoms with Gasteiger partial charge in [-0.1, -0.05) is 52.7 Å². The lowest BCUT2D eigenvalue weighted by Crippen LogP contribution is -2.33. The number of amides is 2. The molecule has 1 fully saturated rings. The molecule has 9 heteroatoms. The fourth-order valence-corrected chi connectivity index (χ4v) is 5.76. The summed E-state index contributed by atoms with van der Waals surface area (Å²) in [6.07, 6.45) is 3.15. The van der Waals surface area contributed by atoms with Crippen LogP contribution in [0.3, 0.4) is 0 Å². The van der Waals surface area contributed by atoms with Crippen LogP contribution in [0.25, 0.3) is 11.0 Å². The number of hydrogen-bond acceptors (Lipinski definition) is 5. The number of halogens is 1. The zero-order valence-corrected chi connectivity index (χ0v) is 22.4. The van der Waals surface area contributed by atoms with Gasteiger partial charge in [-0.3, -0.25) is 19.9 Å². The monoisotopic (exact) mass is 573 g/mol. The predicted octanol–water partition coefficient (Wildman–Crippen LogP) is 6.11. The molecule has 1 aromatic heterocycles. The quantitative estimate of drug-likeness (QED) is 0.290. The smallest absolute Gasteiger partial charge is 0.414 e.